The minimum absolute atomic E-state index is 0.108. The summed E-state index contributed by atoms with van der Waals surface area (Å²) in [7, 11) is -5.70. The molecule has 3 rings (SSSR count). The van der Waals surface area contributed by atoms with Crippen molar-refractivity contribution >= 4 is 31.4 Å². The second kappa shape index (κ2) is 6.81. The van der Waals surface area contributed by atoms with Crippen molar-refractivity contribution in [2.45, 2.75) is 18.2 Å². The Bertz CT molecular complexity index is 1020. The van der Waals surface area contributed by atoms with Crippen LogP contribution >= 0.6 is 0 Å². The van der Waals surface area contributed by atoms with Crippen LogP contribution in [0.15, 0.2) is 47.4 Å². The summed E-state index contributed by atoms with van der Waals surface area (Å²) in [5.41, 5.74) is 1.66. The monoisotopic (exact) mass is 396 g/mol. The summed E-state index contributed by atoms with van der Waals surface area (Å²) >= 11 is 0. The number of ether oxygens (including phenoxy) is 1. The van der Waals surface area contributed by atoms with E-state index in [0.717, 1.165) is 5.56 Å². The fraction of sp³-hybridized carbons (Fsp3) is 0.294. The van der Waals surface area contributed by atoms with Gasteiger partial charge in [-0.1, -0.05) is 17.7 Å². The first-order valence-corrected chi connectivity index (χ1v) is 11.1. The lowest BCUT2D eigenvalue weighted by Gasteiger charge is -2.19. The summed E-state index contributed by atoms with van der Waals surface area (Å²) in [5.74, 6) is 0.359. The molecule has 0 amide bonds. The zero-order valence-electron chi connectivity index (χ0n) is 14.5. The van der Waals surface area contributed by atoms with Crippen molar-refractivity contribution in [2.24, 2.45) is 0 Å². The maximum atomic E-state index is 12.6. The van der Waals surface area contributed by atoms with E-state index in [0.29, 0.717) is 18.7 Å². The van der Waals surface area contributed by atoms with E-state index in [9.17, 15) is 16.8 Å². The molecule has 1 heterocycles. The Balaban J connectivity index is 1.92. The minimum atomic E-state index is -3.78. The SMILES string of the molecule is COc1cc(N2CCCS2(=O)=O)ccc1NS(=O)(=O)c1ccc(C)cc1. The molecule has 1 aliphatic heterocycles. The third-order valence-electron chi connectivity index (χ3n) is 4.15. The van der Waals surface area contributed by atoms with Gasteiger partial charge in [0.25, 0.3) is 10.0 Å². The number of hydrogen-bond acceptors (Lipinski definition) is 5. The molecule has 7 nitrogen and oxygen atoms in total. The van der Waals surface area contributed by atoms with Crippen LogP contribution in [0, 0.1) is 6.92 Å². The Hall–Kier alpha value is -2.26. The fourth-order valence-corrected chi connectivity index (χ4v) is 5.40. The molecule has 0 radical (unpaired) electrons. The first-order chi connectivity index (χ1) is 12.2. The molecule has 1 aliphatic rings. The summed E-state index contributed by atoms with van der Waals surface area (Å²) in [5, 5.41) is 0. The maximum absolute atomic E-state index is 12.6. The number of sulfonamides is 2. The van der Waals surface area contributed by atoms with Gasteiger partial charge in [0, 0.05) is 12.6 Å². The van der Waals surface area contributed by atoms with Gasteiger partial charge in [-0.15, -0.1) is 0 Å². The lowest BCUT2D eigenvalue weighted by molar-refractivity contribution is 0.417. The molecule has 2 aromatic rings. The molecule has 1 fully saturated rings. The smallest absolute Gasteiger partial charge is 0.262 e. The molecule has 9 heteroatoms. The number of nitrogens with zero attached hydrogens (tertiary/aromatic N) is 1. The third-order valence-corrected chi connectivity index (χ3v) is 7.40. The largest absolute Gasteiger partial charge is 0.494 e. The van der Waals surface area contributed by atoms with Crippen molar-refractivity contribution in [3.05, 3.63) is 48.0 Å². The normalized spacial score (nSPS) is 16.5. The molecule has 0 unspecified atom stereocenters. The molecule has 2 aromatic carbocycles. The molecule has 26 heavy (non-hydrogen) atoms. The molecule has 0 aromatic heterocycles. The van der Waals surface area contributed by atoms with Crippen molar-refractivity contribution in [3.63, 3.8) is 0 Å². The zero-order valence-corrected chi connectivity index (χ0v) is 16.1. The van der Waals surface area contributed by atoms with Crippen LogP contribution in [-0.4, -0.2) is 36.2 Å². The van der Waals surface area contributed by atoms with Crippen LogP contribution in [0.25, 0.3) is 0 Å². The summed E-state index contributed by atoms with van der Waals surface area (Å²) in [6, 6.07) is 11.1. The Kier molecular flexibility index (Phi) is 4.85. The van der Waals surface area contributed by atoms with Crippen molar-refractivity contribution in [1.29, 1.82) is 0 Å². The van der Waals surface area contributed by atoms with Crippen LogP contribution in [-0.2, 0) is 20.0 Å². The molecule has 0 saturated carbocycles. The van der Waals surface area contributed by atoms with Gasteiger partial charge >= 0.3 is 0 Å². The molecule has 1 N–H and O–H groups in total. The quantitative estimate of drug-likeness (QED) is 0.837. The van der Waals surface area contributed by atoms with Crippen molar-refractivity contribution in [1.82, 2.24) is 0 Å². The minimum Gasteiger partial charge on any atom is -0.494 e. The van der Waals surface area contributed by atoms with E-state index in [1.807, 2.05) is 6.92 Å². The molecule has 0 aliphatic carbocycles. The second-order valence-electron chi connectivity index (χ2n) is 6.04. The molecule has 0 spiro atoms. The standard InChI is InChI=1S/C17H20N2O5S2/c1-13-4-7-15(8-5-13)26(22,23)18-16-9-6-14(12-17(16)24-2)19-10-3-11-25(19,20)21/h4-9,12,18H,3,10-11H2,1-2H3. The molecule has 0 atom stereocenters. The number of benzene rings is 2. The highest BCUT2D eigenvalue weighted by molar-refractivity contribution is 7.93. The van der Waals surface area contributed by atoms with Gasteiger partial charge in [-0.2, -0.15) is 0 Å². The van der Waals surface area contributed by atoms with E-state index >= 15 is 0 Å². The third kappa shape index (κ3) is 3.63. The van der Waals surface area contributed by atoms with Gasteiger partial charge < -0.3 is 4.74 Å². The number of methoxy groups -OCH3 is 1. The van der Waals surface area contributed by atoms with E-state index < -0.39 is 20.0 Å². The number of nitrogens with one attached hydrogen (secondary N) is 1. The van der Waals surface area contributed by atoms with Crippen LogP contribution in [0.3, 0.4) is 0 Å². The van der Waals surface area contributed by atoms with E-state index in [1.165, 1.54) is 35.7 Å². The Morgan fingerprint density at radius 2 is 1.81 bits per heavy atom. The predicted molar refractivity (Wildman–Crippen MR) is 101 cm³/mol. The van der Waals surface area contributed by atoms with Gasteiger partial charge in [-0.05, 0) is 37.6 Å². The number of hydrogen-bond donors (Lipinski definition) is 1. The predicted octanol–water partition coefficient (Wildman–Crippen LogP) is 2.34. The van der Waals surface area contributed by atoms with Gasteiger partial charge in [0.15, 0.2) is 0 Å². The van der Waals surface area contributed by atoms with E-state index in [1.54, 1.807) is 18.2 Å². The van der Waals surface area contributed by atoms with Crippen molar-refractivity contribution in [2.75, 3.05) is 28.4 Å². The molecular formula is C17H20N2O5S2. The van der Waals surface area contributed by atoms with E-state index in [-0.39, 0.29) is 22.1 Å². The van der Waals surface area contributed by atoms with E-state index in [4.69, 9.17) is 4.74 Å². The lowest BCUT2D eigenvalue weighted by Crippen LogP contribution is -2.25. The maximum Gasteiger partial charge on any atom is 0.262 e. The Labute approximate surface area is 153 Å². The van der Waals surface area contributed by atoms with Gasteiger partial charge in [0.05, 0.1) is 29.1 Å². The second-order valence-corrected chi connectivity index (χ2v) is 9.74. The van der Waals surface area contributed by atoms with Crippen LogP contribution in [0.4, 0.5) is 11.4 Å². The number of rotatable bonds is 5. The number of aryl methyl sites for hydroxylation is 1. The topological polar surface area (TPSA) is 92.8 Å². The van der Waals surface area contributed by atoms with Crippen LogP contribution in [0.5, 0.6) is 5.75 Å². The van der Waals surface area contributed by atoms with Gasteiger partial charge in [0.2, 0.25) is 10.0 Å². The highest BCUT2D eigenvalue weighted by Crippen LogP contribution is 2.34. The van der Waals surface area contributed by atoms with Gasteiger partial charge in [0.1, 0.15) is 5.75 Å². The number of anilines is 2. The first-order valence-electron chi connectivity index (χ1n) is 8.01. The summed E-state index contributed by atoms with van der Waals surface area (Å²) in [6.45, 7) is 2.28. The highest BCUT2D eigenvalue weighted by Gasteiger charge is 2.29. The van der Waals surface area contributed by atoms with Crippen molar-refractivity contribution < 1.29 is 21.6 Å². The van der Waals surface area contributed by atoms with Crippen molar-refractivity contribution in [3.8, 4) is 5.75 Å². The van der Waals surface area contributed by atoms with Crippen LogP contribution in [0.2, 0.25) is 0 Å². The summed E-state index contributed by atoms with van der Waals surface area (Å²) < 4.78 is 58.3. The van der Waals surface area contributed by atoms with Crippen LogP contribution < -0.4 is 13.8 Å². The average Bonchev–Trinajstić information content (AvgIpc) is 2.94. The van der Waals surface area contributed by atoms with E-state index in [2.05, 4.69) is 4.72 Å². The fourth-order valence-electron chi connectivity index (χ4n) is 2.77. The highest BCUT2D eigenvalue weighted by atomic mass is 32.2. The lowest BCUT2D eigenvalue weighted by atomic mass is 10.2. The summed E-state index contributed by atoms with van der Waals surface area (Å²) in [6.07, 6.45) is 0.562. The molecular weight excluding hydrogens is 376 g/mol. The van der Waals surface area contributed by atoms with Gasteiger partial charge in [-0.25, -0.2) is 16.8 Å². The first kappa shape index (κ1) is 18.5. The Morgan fingerprint density at radius 1 is 1.12 bits per heavy atom. The molecule has 1 saturated heterocycles. The Morgan fingerprint density at radius 3 is 2.38 bits per heavy atom. The zero-order chi connectivity index (χ0) is 18.9. The molecule has 140 valence electrons. The molecule has 0 bridgehead atoms. The van der Waals surface area contributed by atoms with Gasteiger partial charge in [-0.3, -0.25) is 9.03 Å². The van der Waals surface area contributed by atoms with Crippen LogP contribution in [0.1, 0.15) is 12.0 Å². The summed E-state index contributed by atoms with van der Waals surface area (Å²) in [4.78, 5) is 0.136. The average molecular weight is 396 g/mol.